The fourth-order valence-electron chi connectivity index (χ4n) is 2.80. The van der Waals surface area contributed by atoms with Crippen LogP contribution in [-0.2, 0) is 12.3 Å². The molecule has 3 heterocycles. The summed E-state index contributed by atoms with van der Waals surface area (Å²) >= 11 is 1.40. The monoisotopic (exact) mass is 433 g/mol. The fraction of sp³-hybridized carbons (Fsp3) is 0.143. The highest BCUT2D eigenvalue weighted by molar-refractivity contribution is 7.98. The third-order valence-electron chi connectivity index (χ3n) is 4.35. The van der Waals surface area contributed by atoms with E-state index in [1.54, 1.807) is 42.6 Å². The maximum atomic E-state index is 12.9. The number of rotatable bonds is 8. The highest BCUT2D eigenvalue weighted by Gasteiger charge is 2.21. The second-order valence-electron chi connectivity index (χ2n) is 6.36. The number of nitrogens with zero attached hydrogens (tertiary/aromatic N) is 6. The van der Waals surface area contributed by atoms with Gasteiger partial charge in [0.15, 0.2) is 10.9 Å². The minimum absolute atomic E-state index is 0.253. The van der Waals surface area contributed by atoms with Gasteiger partial charge in [-0.2, -0.15) is 0 Å². The third-order valence-corrected chi connectivity index (χ3v) is 5.24. The van der Waals surface area contributed by atoms with E-state index in [9.17, 15) is 4.79 Å². The lowest BCUT2D eigenvalue weighted by Gasteiger charge is -2.09. The van der Waals surface area contributed by atoms with E-state index in [0.29, 0.717) is 23.1 Å². The molecule has 0 radical (unpaired) electrons. The van der Waals surface area contributed by atoms with Crippen molar-refractivity contribution in [3.05, 3.63) is 84.2 Å². The summed E-state index contributed by atoms with van der Waals surface area (Å²) in [5.41, 5.74) is 2.56. The van der Waals surface area contributed by atoms with E-state index in [2.05, 4.69) is 30.6 Å². The lowest BCUT2D eigenvalue weighted by molar-refractivity contribution is 0.0945. The molecule has 0 spiro atoms. The quantitative estimate of drug-likeness (QED) is 0.334. The summed E-state index contributed by atoms with van der Waals surface area (Å²) in [6, 6.07) is 12.8. The zero-order valence-corrected chi connectivity index (χ0v) is 17.5. The van der Waals surface area contributed by atoms with Crippen LogP contribution >= 0.6 is 11.8 Å². The van der Waals surface area contributed by atoms with Gasteiger partial charge in [0, 0.05) is 37.1 Å². The number of carbonyl (C=O) groups excluding carboxylic acids is 1. The van der Waals surface area contributed by atoms with Gasteiger partial charge in [-0.3, -0.25) is 9.78 Å². The van der Waals surface area contributed by atoms with Crippen molar-refractivity contribution in [2.45, 2.75) is 17.5 Å². The van der Waals surface area contributed by atoms with Crippen LogP contribution in [0.5, 0.6) is 5.75 Å². The van der Waals surface area contributed by atoms with E-state index in [0.717, 1.165) is 17.0 Å². The molecule has 4 aromatic rings. The van der Waals surface area contributed by atoms with Crippen molar-refractivity contribution in [2.75, 3.05) is 7.11 Å². The standard InChI is InChI=1S/C21H19N7O2S/c1-30-17-7-5-16(6-8-17)28-18(14-31-21-23-10-3-11-24-21)19(26-27-28)20(29)25-13-15-4-2-9-22-12-15/h2-12H,13-14H2,1H3,(H,25,29). The molecule has 0 fully saturated rings. The Morgan fingerprint density at radius 1 is 1.10 bits per heavy atom. The molecule has 0 atom stereocenters. The van der Waals surface area contributed by atoms with Crippen molar-refractivity contribution in [1.29, 1.82) is 0 Å². The van der Waals surface area contributed by atoms with Crippen LogP contribution in [0, 0.1) is 0 Å². The Labute approximate surface area is 182 Å². The van der Waals surface area contributed by atoms with Crippen molar-refractivity contribution >= 4 is 17.7 Å². The van der Waals surface area contributed by atoms with E-state index < -0.39 is 0 Å². The summed E-state index contributed by atoms with van der Waals surface area (Å²) in [4.78, 5) is 25.4. The molecule has 10 heteroatoms. The Morgan fingerprint density at radius 3 is 2.61 bits per heavy atom. The first kappa shape index (κ1) is 20.5. The smallest absolute Gasteiger partial charge is 0.274 e. The van der Waals surface area contributed by atoms with E-state index >= 15 is 0 Å². The minimum Gasteiger partial charge on any atom is -0.497 e. The van der Waals surface area contributed by atoms with Crippen LogP contribution in [0.25, 0.3) is 5.69 Å². The predicted octanol–water partition coefficient (Wildman–Crippen LogP) is 2.68. The Balaban J connectivity index is 1.60. The van der Waals surface area contributed by atoms with E-state index in [4.69, 9.17) is 4.74 Å². The molecule has 1 N–H and O–H groups in total. The van der Waals surface area contributed by atoms with Crippen LogP contribution in [0.1, 0.15) is 21.7 Å². The molecule has 31 heavy (non-hydrogen) atoms. The summed E-state index contributed by atoms with van der Waals surface area (Å²) in [6.07, 6.45) is 6.75. The average molecular weight is 433 g/mol. The van der Waals surface area contributed by atoms with Gasteiger partial charge in [0.2, 0.25) is 0 Å². The zero-order valence-electron chi connectivity index (χ0n) is 16.7. The van der Waals surface area contributed by atoms with Gasteiger partial charge in [-0.05, 0) is 42.0 Å². The second-order valence-corrected chi connectivity index (χ2v) is 7.30. The lowest BCUT2D eigenvalue weighted by atomic mass is 10.2. The van der Waals surface area contributed by atoms with Crippen molar-refractivity contribution in [3.8, 4) is 11.4 Å². The maximum absolute atomic E-state index is 12.9. The van der Waals surface area contributed by atoms with E-state index in [-0.39, 0.29) is 11.6 Å². The number of aromatic nitrogens is 6. The van der Waals surface area contributed by atoms with Gasteiger partial charge >= 0.3 is 0 Å². The maximum Gasteiger partial charge on any atom is 0.274 e. The molecule has 0 aliphatic rings. The normalized spacial score (nSPS) is 10.6. The molecular formula is C21H19N7O2S. The number of thioether (sulfide) groups is 1. The molecule has 0 saturated heterocycles. The van der Waals surface area contributed by atoms with Crippen LogP contribution in [-0.4, -0.2) is 43.0 Å². The fourth-order valence-corrected chi connectivity index (χ4v) is 3.60. The summed E-state index contributed by atoms with van der Waals surface area (Å²) in [6.45, 7) is 0.344. The number of pyridine rings is 1. The largest absolute Gasteiger partial charge is 0.497 e. The van der Waals surface area contributed by atoms with Crippen molar-refractivity contribution in [2.24, 2.45) is 0 Å². The first-order valence-corrected chi connectivity index (χ1v) is 10.4. The summed E-state index contributed by atoms with van der Waals surface area (Å²) in [7, 11) is 1.61. The number of methoxy groups -OCH3 is 1. The number of benzene rings is 1. The average Bonchev–Trinajstić information content (AvgIpc) is 3.26. The number of amides is 1. The van der Waals surface area contributed by atoms with Crippen LogP contribution in [0.15, 0.2) is 72.4 Å². The Kier molecular flexibility index (Phi) is 6.48. The van der Waals surface area contributed by atoms with Crippen LogP contribution < -0.4 is 10.1 Å². The summed E-state index contributed by atoms with van der Waals surface area (Å²) in [5, 5.41) is 11.9. The molecule has 9 nitrogen and oxygen atoms in total. The van der Waals surface area contributed by atoms with Gasteiger partial charge < -0.3 is 10.1 Å². The number of nitrogens with one attached hydrogen (secondary N) is 1. The van der Waals surface area contributed by atoms with Gasteiger partial charge in [0.1, 0.15) is 5.75 Å². The molecule has 0 unspecified atom stereocenters. The first-order chi connectivity index (χ1) is 15.2. The van der Waals surface area contributed by atoms with Gasteiger partial charge in [-0.25, -0.2) is 14.6 Å². The molecule has 156 valence electrons. The minimum atomic E-state index is -0.312. The van der Waals surface area contributed by atoms with Crippen molar-refractivity contribution in [3.63, 3.8) is 0 Å². The van der Waals surface area contributed by atoms with Crippen LogP contribution in [0.2, 0.25) is 0 Å². The molecule has 0 bridgehead atoms. The van der Waals surface area contributed by atoms with Gasteiger partial charge in [0.25, 0.3) is 5.91 Å². The molecule has 3 aromatic heterocycles. The van der Waals surface area contributed by atoms with Gasteiger partial charge in [0.05, 0.1) is 18.5 Å². The van der Waals surface area contributed by atoms with Crippen LogP contribution in [0.3, 0.4) is 0 Å². The highest BCUT2D eigenvalue weighted by atomic mass is 32.2. The third kappa shape index (κ3) is 5.04. The first-order valence-electron chi connectivity index (χ1n) is 9.40. The summed E-state index contributed by atoms with van der Waals surface area (Å²) < 4.78 is 6.87. The molecule has 0 aliphatic carbocycles. The molecule has 1 aromatic carbocycles. The van der Waals surface area contributed by atoms with Crippen molar-refractivity contribution in [1.82, 2.24) is 35.3 Å². The molecule has 4 rings (SSSR count). The lowest BCUT2D eigenvalue weighted by Crippen LogP contribution is -2.24. The Bertz CT molecular complexity index is 1140. The van der Waals surface area contributed by atoms with E-state index in [1.807, 2.05) is 36.4 Å². The van der Waals surface area contributed by atoms with Crippen LogP contribution in [0.4, 0.5) is 0 Å². The number of carbonyl (C=O) groups is 1. The molecule has 0 aliphatic heterocycles. The number of hydrogen-bond donors (Lipinski definition) is 1. The number of hydrogen-bond acceptors (Lipinski definition) is 8. The molecule has 0 saturated carbocycles. The zero-order chi connectivity index (χ0) is 21.5. The van der Waals surface area contributed by atoms with Crippen molar-refractivity contribution < 1.29 is 9.53 Å². The SMILES string of the molecule is COc1ccc(-n2nnc(C(=O)NCc3cccnc3)c2CSc2ncccn2)cc1. The number of ether oxygens (including phenoxy) is 1. The van der Waals surface area contributed by atoms with E-state index in [1.165, 1.54) is 11.8 Å². The Hall–Kier alpha value is -3.79. The highest BCUT2D eigenvalue weighted by Crippen LogP contribution is 2.23. The van der Waals surface area contributed by atoms with Gasteiger partial charge in [-0.15, -0.1) is 5.10 Å². The molecule has 1 amide bonds. The predicted molar refractivity (Wildman–Crippen MR) is 115 cm³/mol. The second kappa shape index (κ2) is 9.81. The van der Waals surface area contributed by atoms with Gasteiger partial charge in [-0.1, -0.05) is 23.0 Å². The summed E-state index contributed by atoms with van der Waals surface area (Å²) in [5.74, 6) is 0.832. The topological polar surface area (TPSA) is 108 Å². The molecular weight excluding hydrogens is 414 g/mol. The Morgan fingerprint density at radius 2 is 1.90 bits per heavy atom.